The van der Waals surface area contributed by atoms with Gasteiger partial charge in [-0.05, 0) is 53.1 Å². The molecule has 0 atom stereocenters. The van der Waals surface area contributed by atoms with Crippen molar-refractivity contribution in [2.45, 2.75) is 93.9 Å². The largest absolute Gasteiger partial charge is 0.265 e. The second-order valence-corrected chi connectivity index (χ2v) is 10.4. The van der Waals surface area contributed by atoms with E-state index in [1.807, 2.05) is 66.6 Å². The van der Waals surface area contributed by atoms with Gasteiger partial charge in [-0.1, -0.05) is 107 Å². The van der Waals surface area contributed by atoms with E-state index in [2.05, 4.69) is 94.6 Å². The summed E-state index contributed by atoms with van der Waals surface area (Å²) in [5.74, 6) is 2.42. The molecule has 37 heavy (non-hydrogen) atoms. The topological polar surface area (TPSA) is 38.7 Å². The maximum Gasteiger partial charge on any atom is 0.0950 e. The first-order valence-electron chi connectivity index (χ1n) is 12.5. The Morgan fingerprint density at radius 1 is 0.514 bits per heavy atom. The number of nitrogens with zero attached hydrogens (tertiary/aromatic N) is 3. The molecule has 3 nitrogen and oxygen atoms in total. The minimum absolute atomic E-state index is 0. The fourth-order valence-corrected chi connectivity index (χ4v) is 3.48. The first-order chi connectivity index (χ1) is 16.7. The van der Waals surface area contributed by atoms with E-state index in [9.17, 15) is 0 Å². The first kappa shape index (κ1) is 36.3. The standard InChI is InChI=1S/C9H12.2C8H11N.C6H9NS.2CH4/c1-8(2)9-6-4-3-5-7-9;1-7(2)8-3-5-9-6-4-8;1-7(2)8-5-3-4-6-9-8;1-5(2)6-7-3-4-8-6;;/h3-8H,1-2H3;2*3-7H,1-2H3;3-5H,1-2H3;2*1H4. The Kier molecular flexibility index (Phi) is 20.9. The smallest absolute Gasteiger partial charge is 0.0950 e. The molecule has 4 aromatic rings. The van der Waals surface area contributed by atoms with Crippen molar-refractivity contribution in [3.05, 3.63) is 113 Å². The molecule has 3 aromatic heterocycles. The summed E-state index contributed by atoms with van der Waals surface area (Å²) in [6.45, 7) is 17.3. The zero-order valence-corrected chi connectivity index (χ0v) is 23.5. The van der Waals surface area contributed by atoms with Gasteiger partial charge in [0.1, 0.15) is 0 Å². The Labute approximate surface area is 232 Å². The van der Waals surface area contributed by atoms with Crippen LogP contribution in [0.4, 0.5) is 0 Å². The molecule has 0 saturated heterocycles. The van der Waals surface area contributed by atoms with Crippen molar-refractivity contribution in [1.29, 1.82) is 0 Å². The van der Waals surface area contributed by atoms with Crippen molar-refractivity contribution in [3.8, 4) is 0 Å². The summed E-state index contributed by atoms with van der Waals surface area (Å²) in [5, 5.41) is 3.24. The highest BCUT2D eigenvalue weighted by molar-refractivity contribution is 7.09. The van der Waals surface area contributed by atoms with Crippen LogP contribution in [0.5, 0.6) is 0 Å². The molecule has 0 unspecified atom stereocenters. The molecule has 0 aliphatic carbocycles. The second kappa shape index (κ2) is 21.3. The van der Waals surface area contributed by atoms with Crippen LogP contribution < -0.4 is 0 Å². The Morgan fingerprint density at radius 3 is 1.35 bits per heavy atom. The lowest BCUT2D eigenvalue weighted by molar-refractivity contribution is 0.823. The van der Waals surface area contributed by atoms with Gasteiger partial charge in [0.2, 0.25) is 0 Å². The van der Waals surface area contributed by atoms with Crippen LogP contribution in [0.2, 0.25) is 0 Å². The molecule has 0 amide bonds. The predicted octanol–water partition coefficient (Wildman–Crippen LogP) is 10.8. The fourth-order valence-electron chi connectivity index (χ4n) is 2.82. The van der Waals surface area contributed by atoms with E-state index >= 15 is 0 Å². The van der Waals surface area contributed by atoms with Crippen LogP contribution in [-0.2, 0) is 0 Å². The molecule has 0 saturated carbocycles. The molecule has 0 bridgehead atoms. The lowest BCUT2D eigenvalue weighted by Crippen LogP contribution is -1.88. The Morgan fingerprint density at radius 2 is 1.05 bits per heavy atom. The van der Waals surface area contributed by atoms with Gasteiger partial charge in [-0.15, -0.1) is 11.3 Å². The van der Waals surface area contributed by atoms with E-state index in [0.717, 1.165) is 5.69 Å². The molecule has 3 heterocycles. The average Bonchev–Trinajstić information content (AvgIpc) is 3.43. The van der Waals surface area contributed by atoms with Crippen molar-refractivity contribution in [2.75, 3.05) is 0 Å². The summed E-state index contributed by atoms with van der Waals surface area (Å²) in [6.07, 6.45) is 7.33. The van der Waals surface area contributed by atoms with Crippen molar-refractivity contribution in [1.82, 2.24) is 15.0 Å². The highest BCUT2D eigenvalue weighted by Gasteiger charge is 1.98. The summed E-state index contributed by atoms with van der Waals surface area (Å²) in [7, 11) is 0. The highest BCUT2D eigenvalue weighted by Crippen LogP contribution is 2.15. The third kappa shape index (κ3) is 16.5. The van der Waals surface area contributed by atoms with Gasteiger partial charge >= 0.3 is 0 Å². The van der Waals surface area contributed by atoms with Crippen LogP contribution >= 0.6 is 11.3 Å². The summed E-state index contributed by atoms with van der Waals surface area (Å²) in [6, 6.07) is 20.6. The maximum absolute atomic E-state index is 4.18. The minimum atomic E-state index is 0. The molecule has 0 radical (unpaired) electrons. The summed E-state index contributed by atoms with van der Waals surface area (Å²) in [5.41, 5.74) is 3.93. The van der Waals surface area contributed by atoms with Gasteiger partial charge in [-0.25, -0.2) is 4.98 Å². The fraction of sp³-hybridized carbons (Fsp3) is 0.424. The summed E-state index contributed by atoms with van der Waals surface area (Å²) >= 11 is 1.72. The quantitative estimate of drug-likeness (QED) is 0.268. The zero-order chi connectivity index (χ0) is 26.1. The summed E-state index contributed by atoms with van der Waals surface area (Å²) in [4.78, 5) is 12.2. The van der Waals surface area contributed by atoms with E-state index in [4.69, 9.17) is 0 Å². The lowest BCUT2D eigenvalue weighted by Gasteiger charge is -2.01. The van der Waals surface area contributed by atoms with Crippen LogP contribution in [0, 0.1) is 0 Å². The third-order valence-electron chi connectivity index (χ3n) is 5.06. The van der Waals surface area contributed by atoms with Gasteiger partial charge in [-0.2, -0.15) is 0 Å². The number of thiazole rings is 1. The Bertz CT molecular complexity index is 878. The van der Waals surface area contributed by atoms with Gasteiger partial charge in [0.25, 0.3) is 0 Å². The SMILES string of the molecule is C.C.CC(C)c1ccccc1.CC(C)c1ccccn1.CC(C)c1ccncc1.CC(C)c1nccs1. The number of benzene rings is 1. The Hall–Kier alpha value is -2.85. The molecule has 0 aliphatic heterocycles. The molecular weight excluding hydrogens is 470 g/mol. The Balaban J connectivity index is 0. The molecular formula is C33H51N3S. The van der Waals surface area contributed by atoms with Crippen molar-refractivity contribution < 1.29 is 0 Å². The monoisotopic (exact) mass is 521 g/mol. The molecule has 0 aliphatic rings. The summed E-state index contributed by atoms with van der Waals surface area (Å²) < 4.78 is 0. The van der Waals surface area contributed by atoms with E-state index in [0.29, 0.717) is 23.7 Å². The number of hydrogen-bond acceptors (Lipinski definition) is 4. The van der Waals surface area contributed by atoms with E-state index in [1.54, 1.807) is 11.3 Å². The number of pyridine rings is 2. The van der Waals surface area contributed by atoms with Crippen LogP contribution in [0.1, 0.15) is 116 Å². The van der Waals surface area contributed by atoms with Crippen LogP contribution in [0.15, 0.2) is 90.8 Å². The average molecular weight is 522 g/mol. The molecule has 4 rings (SSSR count). The molecule has 0 N–H and O–H groups in total. The van der Waals surface area contributed by atoms with Crippen molar-refractivity contribution >= 4 is 11.3 Å². The zero-order valence-electron chi connectivity index (χ0n) is 22.7. The van der Waals surface area contributed by atoms with Gasteiger partial charge in [0.15, 0.2) is 0 Å². The van der Waals surface area contributed by atoms with Crippen molar-refractivity contribution in [2.24, 2.45) is 0 Å². The van der Waals surface area contributed by atoms with E-state index in [-0.39, 0.29) is 14.9 Å². The van der Waals surface area contributed by atoms with Crippen LogP contribution in [0.3, 0.4) is 0 Å². The lowest BCUT2D eigenvalue weighted by atomic mass is 10.0. The molecule has 204 valence electrons. The normalized spacial score (nSPS) is 9.62. The number of rotatable bonds is 4. The number of hydrogen-bond donors (Lipinski definition) is 0. The number of aromatic nitrogens is 3. The molecule has 1 aromatic carbocycles. The van der Waals surface area contributed by atoms with Gasteiger partial charge in [-0.3, -0.25) is 9.97 Å². The van der Waals surface area contributed by atoms with E-state index < -0.39 is 0 Å². The molecule has 0 spiro atoms. The van der Waals surface area contributed by atoms with Crippen LogP contribution in [0.25, 0.3) is 0 Å². The van der Waals surface area contributed by atoms with E-state index in [1.165, 1.54) is 16.1 Å². The third-order valence-corrected chi connectivity index (χ3v) is 6.14. The van der Waals surface area contributed by atoms with Gasteiger partial charge < -0.3 is 0 Å². The first-order valence-corrected chi connectivity index (χ1v) is 13.3. The predicted molar refractivity (Wildman–Crippen MR) is 167 cm³/mol. The maximum atomic E-state index is 4.18. The molecule has 4 heteroatoms. The highest BCUT2D eigenvalue weighted by atomic mass is 32.1. The minimum Gasteiger partial charge on any atom is -0.265 e. The van der Waals surface area contributed by atoms with Crippen molar-refractivity contribution in [3.63, 3.8) is 0 Å². The van der Waals surface area contributed by atoms with Crippen LogP contribution in [-0.4, -0.2) is 15.0 Å². The van der Waals surface area contributed by atoms with Gasteiger partial charge in [0, 0.05) is 41.8 Å². The van der Waals surface area contributed by atoms with Gasteiger partial charge in [0.05, 0.1) is 5.01 Å². The second-order valence-electron chi connectivity index (χ2n) is 9.43. The molecule has 0 fully saturated rings.